The average Bonchev–Trinajstić information content (AvgIpc) is 3.60. The standard InChI is InChI=1S/C29H25F6N7O/c1-41-15-21(29(33,34)35)38-26(41)18-10-8-17(9-11-18)14-36-25-23-27(42(16-37-23)22-7-2-3-12-43-22)40-24(39-25)19-5-4-6-20(13-19)28(30,31)32/h4-6,8-11,13,15-16,22H,2-3,7,12,14H2,1H3,(H,36,39,40). The summed E-state index contributed by atoms with van der Waals surface area (Å²) in [5.41, 5.74) is 0.521. The highest BCUT2D eigenvalue weighted by atomic mass is 19.4. The van der Waals surface area contributed by atoms with Gasteiger partial charge in [-0.3, -0.25) is 4.57 Å². The van der Waals surface area contributed by atoms with Gasteiger partial charge in [0.1, 0.15) is 12.1 Å². The van der Waals surface area contributed by atoms with Gasteiger partial charge in [-0.25, -0.2) is 19.9 Å². The number of imidazole rings is 2. The van der Waals surface area contributed by atoms with E-state index in [4.69, 9.17) is 4.74 Å². The Morgan fingerprint density at radius 2 is 1.72 bits per heavy atom. The molecule has 1 aliphatic heterocycles. The Morgan fingerprint density at radius 1 is 0.930 bits per heavy atom. The van der Waals surface area contributed by atoms with Gasteiger partial charge in [-0.15, -0.1) is 0 Å². The number of hydrogen-bond donors (Lipinski definition) is 1. The van der Waals surface area contributed by atoms with Crippen molar-refractivity contribution in [3.63, 3.8) is 0 Å². The molecular formula is C29H25F6N7O. The van der Waals surface area contributed by atoms with E-state index in [1.54, 1.807) is 35.2 Å². The lowest BCUT2D eigenvalue weighted by molar-refractivity contribution is -0.141. The lowest BCUT2D eigenvalue weighted by Gasteiger charge is -2.24. The number of alkyl halides is 6. The van der Waals surface area contributed by atoms with E-state index in [2.05, 4.69) is 25.3 Å². The maximum absolute atomic E-state index is 13.5. The van der Waals surface area contributed by atoms with Crippen LogP contribution in [0.5, 0.6) is 0 Å². The fourth-order valence-electron chi connectivity index (χ4n) is 4.99. The Hall–Kier alpha value is -4.46. The maximum atomic E-state index is 13.5. The number of aryl methyl sites for hydroxylation is 1. The Kier molecular flexibility index (Phi) is 7.32. The van der Waals surface area contributed by atoms with Crippen molar-refractivity contribution in [2.75, 3.05) is 11.9 Å². The summed E-state index contributed by atoms with van der Waals surface area (Å²) < 4.78 is 88.6. The summed E-state index contributed by atoms with van der Waals surface area (Å²) in [4.78, 5) is 17.4. The number of halogens is 6. The molecule has 43 heavy (non-hydrogen) atoms. The van der Waals surface area contributed by atoms with Gasteiger partial charge in [0.15, 0.2) is 28.5 Å². The summed E-state index contributed by atoms with van der Waals surface area (Å²) in [6.07, 6.45) is -4.25. The Morgan fingerprint density at radius 3 is 2.40 bits per heavy atom. The quantitative estimate of drug-likeness (QED) is 0.207. The SMILES string of the molecule is Cn1cc(C(F)(F)F)nc1-c1ccc(CNc2nc(-c3cccc(C(F)(F)F)c3)nc3c2ncn3C2CCCCO2)cc1. The molecule has 14 heteroatoms. The van der Waals surface area contributed by atoms with Crippen LogP contribution in [-0.2, 0) is 30.7 Å². The third-order valence-electron chi connectivity index (χ3n) is 7.17. The molecule has 224 valence electrons. The predicted molar refractivity (Wildman–Crippen MR) is 146 cm³/mol. The molecule has 8 nitrogen and oxygen atoms in total. The van der Waals surface area contributed by atoms with Crippen LogP contribution in [0.4, 0.5) is 32.2 Å². The van der Waals surface area contributed by atoms with Gasteiger partial charge in [-0.05, 0) is 37.0 Å². The first-order valence-corrected chi connectivity index (χ1v) is 13.4. The van der Waals surface area contributed by atoms with Crippen LogP contribution in [0.1, 0.15) is 42.3 Å². The minimum atomic E-state index is -4.55. The van der Waals surface area contributed by atoms with Gasteiger partial charge in [-0.2, -0.15) is 26.3 Å². The molecule has 6 rings (SSSR count). The van der Waals surface area contributed by atoms with Gasteiger partial charge in [-0.1, -0.05) is 36.4 Å². The largest absolute Gasteiger partial charge is 0.434 e. The van der Waals surface area contributed by atoms with Gasteiger partial charge >= 0.3 is 12.4 Å². The average molecular weight is 602 g/mol. The molecule has 1 atom stereocenters. The van der Waals surface area contributed by atoms with Crippen LogP contribution in [0, 0.1) is 0 Å². The molecule has 1 aliphatic rings. The fourth-order valence-corrected chi connectivity index (χ4v) is 4.99. The van der Waals surface area contributed by atoms with E-state index in [1.807, 2.05) is 0 Å². The van der Waals surface area contributed by atoms with E-state index in [0.717, 1.165) is 43.2 Å². The second-order valence-electron chi connectivity index (χ2n) is 10.2. The molecule has 0 saturated carbocycles. The van der Waals surface area contributed by atoms with Crippen molar-refractivity contribution in [2.24, 2.45) is 7.05 Å². The molecule has 5 aromatic rings. The summed E-state index contributed by atoms with van der Waals surface area (Å²) in [7, 11) is 1.49. The number of nitrogens with zero attached hydrogens (tertiary/aromatic N) is 6. The molecule has 0 bridgehead atoms. The predicted octanol–water partition coefficient (Wildman–Crippen LogP) is 7.24. The number of ether oxygens (including phenoxy) is 1. The molecule has 1 fully saturated rings. The van der Waals surface area contributed by atoms with E-state index in [1.165, 1.54) is 23.7 Å². The fraction of sp³-hybridized carbons (Fsp3) is 0.310. The molecule has 3 aromatic heterocycles. The summed E-state index contributed by atoms with van der Waals surface area (Å²) in [5, 5.41) is 3.21. The van der Waals surface area contributed by atoms with Crippen molar-refractivity contribution in [3.8, 4) is 22.8 Å². The highest BCUT2D eigenvalue weighted by molar-refractivity contribution is 5.85. The summed E-state index contributed by atoms with van der Waals surface area (Å²) in [6.45, 7) is 0.822. The minimum absolute atomic E-state index is 0.0873. The first kappa shape index (κ1) is 28.6. The van der Waals surface area contributed by atoms with Crippen molar-refractivity contribution in [1.29, 1.82) is 0 Å². The molecule has 0 aliphatic carbocycles. The Balaban J connectivity index is 1.32. The lowest BCUT2D eigenvalue weighted by Crippen LogP contribution is -2.18. The van der Waals surface area contributed by atoms with Gasteiger partial charge in [0.05, 0.1) is 11.9 Å². The third kappa shape index (κ3) is 5.91. The molecule has 1 N–H and O–H groups in total. The Bertz CT molecular complexity index is 1750. The van der Waals surface area contributed by atoms with Crippen molar-refractivity contribution in [3.05, 3.63) is 77.9 Å². The zero-order valence-corrected chi connectivity index (χ0v) is 22.7. The maximum Gasteiger partial charge on any atom is 0.434 e. The van der Waals surface area contributed by atoms with Crippen LogP contribution in [-0.4, -0.2) is 35.7 Å². The number of fused-ring (bicyclic) bond motifs is 1. The topological polar surface area (TPSA) is 82.7 Å². The van der Waals surface area contributed by atoms with E-state index >= 15 is 0 Å². The molecule has 0 amide bonds. The third-order valence-corrected chi connectivity index (χ3v) is 7.17. The van der Waals surface area contributed by atoms with Crippen LogP contribution in [0.15, 0.2) is 61.1 Å². The normalized spacial score (nSPS) is 16.1. The lowest BCUT2D eigenvalue weighted by atomic mass is 10.1. The second-order valence-corrected chi connectivity index (χ2v) is 10.2. The number of anilines is 1. The Labute approximate surface area is 241 Å². The first-order chi connectivity index (χ1) is 20.5. The zero-order valence-electron chi connectivity index (χ0n) is 22.7. The summed E-state index contributed by atoms with van der Waals surface area (Å²) in [6, 6.07) is 11.6. The van der Waals surface area contributed by atoms with Crippen LogP contribution >= 0.6 is 0 Å². The molecular weight excluding hydrogens is 576 g/mol. The van der Waals surface area contributed by atoms with Gasteiger partial charge in [0.2, 0.25) is 0 Å². The van der Waals surface area contributed by atoms with E-state index in [-0.39, 0.29) is 30.0 Å². The van der Waals surface area contributed by atoms with Crippen molar-refractivity contribution in [1.82, 2.24) is 29.1 Å². The van der Waals surface area contributed by atoms with Crippen molar-refractivity contribution < 1.29 is 31.1 Å². The number of rotatable bonds is 6. The van der Waals surface area contributed by atoms with Crippen molar-refractivity contribution in [2.45, 2.75) is 44.4 Å². The molecule has 0 radical (unpaired) electrons. The molecule has 0 spiro atoms. The molecule has 2 aromatic carbocycles. The smallest absolute Gasteiger partial charge is 0.364 e. The highest BCUT2D eigenvalue weighted by Gasteiger charge is 2.34. The minimum Gasteiger partial charge on any atom is -0.364 e. The number of benzene rings is 2. The molecule has 4 heterocycles. The monoisotopic (exact) mass is 601 g/mol. The van der Waals surface area contributed by atoms with Crippen LogP contribution < -0.4 is 5.32 Å². The molecule has 1 saturated heterocycles. The number of nitrogens with one attached hydrogen (secondary N) is 1. The van der Waals surface area contributed by atoms with Crippen LogP contribution in [0.2, 0.25) is 0 Å². The van der Waals surface area contributed by atoms with Gasteiger partial charge in [0, 0.05) is 37.5 Å². The first-order valence-electron chi connectivity index (χ1n) is 13.4. The van der Waals surface area contributed by atoms with Crippen LogP contribution in [0.25, 0.3) is 33.9 Å². The van der Waals surface area contributed by atoms with Gasteiger partial charge < -0.3 is 14.6 Å². The van der Waals surface area contributed by atoms with Gasteiger partial charge in [0.25, 0.3) is 0 Å². The van der Waals surface area contributed by atoms with E-state index in [0.29, 0.717) is 29.2 Å². The van der Waals surface area contributed by atoms with E-state index in [9.17, 15) is 26.3 Å². The highest BCUT2D eigenvalue weighted by Crippen LogP contribution is 2.34. The summed E-state index contributed by atoms with van der Waals surface area (Å²) >= 11 is 0. The number of hydrogen-bond acceptors (Lipinski definition) is 6. The van der Waals surface area contributed by atoms with Crippen molar-refractivity contribution >= 4 is 17.0 Å². The molecule has 1 unspecified atom stereocenters. The zero-order chi connectivity index (χ0) is 30.4. The van der Waals surface area contributed by atoms with Crippen LogP contribution in [0.3, 0.4) is 0 Å². The van der Waals surface area contributed by atoms with E-state index < -0.39 is 23.6 Å². The number of aromatic nitrogens is 6. The second kappa shape index (κ2) is 11.0. The summed E-state index contributed by atoms with van der Waals surface area (Å²) in [5.74, 6) is 0.574.